The summed E-state index contributed by atoms with van der Waals surface area (Å²) < 4.78 is 11.3. The van der Waals surface area contributed by atoms with Crippen LogP contribution < -0.4 is 10.6 Å². The Morgan fingerprint density at radius 3 is 2.82 bits per heavy atom. The molecule has 22 heavy (non-hydrogen) atoms. The SMILES string of the molecule is CCOC1CC(CNC2=NCCCN2)(N2CCOCC2)C1.I. The number of hydrogen-bond donors (Lipinski definition) is 2. The van der Waals surface area contributed by atoms with Crippen LogP contribution in [0.1, 0.15) is 26.2 Å². The van der Waals surface area contributed by atoms with Gasteiger partial charge in [0.05, 0.1) is 19.3 Å². The van der Waals surface area contributed by atoms with Gasteiger partial charge in [-0.15, -0.1) is 24.0 Å². The van der Waals surface area contributed by atoms with Gasteiger partial charge < -0.3 is 20.1 Å². The number of ether oxygens (including phenoxy) is 2. The third-order valence-corrected chi connectivity index (χ3v) is 4.78. The van der Waals surface area contributed by atoms with Gasteiger partial charge in [0, 0.05) is 44.9 Å². The zero-order valence-corrected chi connectivity index (χ0v) is 15.8. The van der Waals surface area contributed by atoms with Crippen molar-refractivity contribution < 1.29 is 9.47 Å². The maximum atomic E-state index is 5.78. The lowest BCUT2D eigenvalue weighted by atomic mass is 9.72. The van der Waals surface area contributed by atoms with Gasteiger partial charge in [-0.25, -0.2) is 0 Å². The van der Waals surface area contributed by atoms with E-state index in [2.05, 4.69) is 27.4 Å². The highest BCUT2D eigenvalue weighted by atomic mass is 127. The van der Waals surface area contributed by atoms with Crippen molar-refractivity contribution in [1.29, 1.82) is 0 Å². The van der Waals surface area contributed by atoms with E-state index in [0.29, 0.717) is 6.10 Å². The summed E-state index contributed by atoms with van der Waals surface area (Å²) in [6.45, 7) is 9.54. The predicted octanol–water partition coefficient (Wildman–Crippen LogP) is 0.813. The third-order valence-electron chi connectivity index (χ3n) is 4.78. The van der Waals surface area contributed by atoms with Gasteiger partial charge >= 0.3 is 0 Å². The average molecular weight is 424 g/mol. The van der Waals surface area contributed by atoms with E-state index >= 15 is 0 Å². The molecule has 7 heteroatoms. The molecule has 6 nitrogen and oxygen atoms in total. The Morgan fingerprint density at radius 2 is 2.18 bits per heavy atom. The van der Waals surface area contributed by atoms with Crippen LogP contribution in [0.15, 0.2) is 4.99 Å². The molecule has 0 radical (unpaired) electrons. The largest absolute Gasteiger partial charge is 0.379 e. The molecule has 128 valence electrons. The third kappa shape index (κ3) is 4.24. The monoisotopic (exact) mass is 424 g/mol. The van der Waals surface area contributed by atoms with Crippen LogP contribution in [0.5, 0.6) is 0 Å². The maximum absolute atomic E-state index is 5.78. The molecule has 0 amide bonds. The van der Waals surface area contributed by atoms with Crippen molar-refractivity contribution in [2.24, 2.45) is 4.99 Å². The van der Waals surface area contributed by atoms with Crippen LogP contribution in [0.25, 0.3) is 0 Å². The van der Waals surface area contributed by atoms with Gasteiger partial charge in [0.1, 0.15) is 0 Å². The zero-order chi connectivity index (χ0) is 14.5. The summed E-state index contributed by atoms with van der Waals surface area (Å²) in [5.41, 5.74) is 0.214. The molecule has 3 aliphatic rings. The highest BCUT2D eigenvalue weighted by molar-refractivity contribution is 14.0. The Bertz CT molecular complexity index is 369. The molecule has 0 atom stereocenters. The number of hydrogen-bond acceptors (Lipinski definition) is 6. The normalized spacial score (nSPS) is 32.2. The number of halogens is 1. The van der Waals surface area contributed by atoms with E-state index in [1.165, 1.54) is 0 Å². The van der Waals surface area contributed by atoms with Crippen molar-refractivity contribution in [3.8, 4) is 0 Å². The molecule has 2 N–H and O–H groups in total. The van der Waals surface area contributed by atoms with Crippen molar-refractivity contribution in [2.75, 3.05) is 52.5 Å². The molecule has 0 aromatic carbocycles. The van der Waals surface area contributed by atoms with E-state index in [9.17, 15) is 0 Å². The summed E-state index contributed by atoms with van der Waals surface area (Å²) >= 11 is 0. The minimum absolute atomic E-state index is 0. The number of guanidine groups is 1. The zero-order valence-electron chi connectivity index (χ0n) is 13.5. The van der Waals surface area contributed by atoms with Gasteiger partial charge in [-0.2, -0.15) is 0 Å². The quantitative estimate of drug-likeness (QED) is 0.640. The summed E-state index contributed by atoms with van der Waals surface area (Å²) in [6.07, 6.45) is 3.77. The van der Waals surface area contributed by atoms with Crippen molar-refractivity contribution >= 4 is 29.9 Å². The van der Waals surface area contributed by atoms with Crippen molar-refractivity contribution in [3.63, 3.8) is 0 Å². The highest BCUT2D eigenvalue weighted by Crippen LogP contribution is 2.39. The van der Waals surface area contributed by atoms with E-state index in [1.807, 2.05) is 0 Å². The molecule has 2 aliphatic heterocycles. The fraction of sp³-hybridized carbons (Fsp3) is 0.933. The van der Waals surface area contributed by atoms with Crippen LogP contribution in [-0.4, -0.2) is 75.0 Å². The summed E-state index contributed by atoms with van der Waals surface area (Å²) in [5, 5.41) is 6.87. The minimum Gasteiger partial charge on any atom is -0.379 e. The van der Waals surface area contributed by atoms with Crippen LogP contribution in [0.4, 0.5) is 0 Å². The van der Waals surface area contributed by atoms with E-state index in [0.717, 1.165) is 77.8 Å². The van der Waals surface area contributed by atoms with Gasteiger partial charge in [-0.1, -0.05) is 0 Å². The summed E-state index contributed by atoms with van der Waals surface area (Å²) in [5.74, 6) is 0.966. The summed E-state index contributed by atoms with van der Waals surface area (Å²) in [4.78, 5) is 7.10. The number of rotatable bonds is 5. The molecule has 0 unspecified atom stereocenters. The Labute approximate surface area is 150 Å². The maximum Gasteiger partial charge on any atom is 0.191 e. The molecule has 2 fully saturated rings. The Hall–Kier alpha value is -0.120. The first-order valence-electron chi connectivity index (χ1n) is 8.29. The molecule has 1 saturated heterocycles. The molecule has 0 bridgehead atoms. The second-order valence-electron chi connectivity index (χ2n) is 6.17. The fourth-order valence-corrected chi connectivity index (χ4v) is 3.59. The van der Waals surface area contributed by atoms with E-state index in [4.69, 9.17) is 9.47 Å². The van der Waals surface area contributed by atoms with Gasteiger partial charge in [0.15, 0.2) is 5.96 Å². The number of aliphatic imine (C=N–C) groups is 1. The molecule has 0 aromatic rings. The van der Waals surface area contributed by atoms with Gasteiger partial charge in [0.25, 0.3) is 0 Å². The smallest absolute Gasteiger partial charge is 0.191 e. The lowest BCUT2D eigenvalue weighted by molar-refractivity contribution is -0.124. The Morgan fingerprint density at radius 1 is 1.41 bits per heavy atom. The lowest BCUT2D eigenvalue weighted by Gasteiger charge is -2.55. The predicted molar refractivity (Wildman–Crippen MR) is 98.1 cm³/mol. The second-order valence-corrected chi connectivity index (χ2v) is 6.17. The summed E-state index contributed by atoms with van der Waals surface area (Å²) in [7, 11) is 0. The van der Waals surface area contributed by atoms with Crippen molar-refractivity contribution in [1.82, 2.24) is 15.5 Å². The topological polar surface area (TPSA) is 58.1 Å². The highest BCUT2D eigenvalue weighted by Gasteiger charge is 2.49. The van der Waals surface area contributed by atoms with Gasteiger partial charge in [-0.05, 0) is 26.2 Å². The second kappa shape index (κ2) is 8.65. The Kier molecular flexibility index (Phi) is 7.17. The fourth-order valence-electron chi connectivity index (χ4n) is 3.59. The van der Waals surface area contributed by atoms with Crippen LogP contribution in [-0.2, 0) is 9.47 Å². The first-order chi connectivity index (χ1) is 10.3. The first kappa shape index (κ1) is 18.2. The minimum atomic E-state index is 0. The van der Waals surface area contributed by atoms with Crippen LogP contribution in [0, 0.1) is 0 Å². The van der Waals surface area contributed by atoms with E-state index in [-0.39, 0.29) is 29.5 Å². The molecule has 1 saturated carbocycles. The lowest BCUT2D eigenvalue weighted by Crippen LogP contribution is -2.67. The standard InChI is InChI=1S/C15H28N4O2.HI/c1-2-21-13-10-15(11-13,19-6-8-20-9-7-19)12-18-14-16-4-3-5-17-14;/h13H,2-12H2,1H3,(H2,16,17,18);1H. The molecular formula is C15H29IN4O2. The molecule has 1 aliphatic carbocycles. The molecule has 2 heterocycles. The first-order valence-corrected chi connectivity index (χ1v) is 8.29. The van der Waals surface area contributed by atoms with Gasteiger partial charge in [-0.3, -0.25) is 9.89 Å². The molecular weight excluding hydrogens is 395 g/mol. The number of nitrogens with one attached hydrogen (secondary N) is 2. The summed E-state index contributed by atoms with van der Waals surface area (Å²) in [6, 6.07) is 0. The van der Waals surface area contributed by atoms with Crippen LogP contribution in [0.3, 0.4) is 0 Å². The van der Waals surface area contributed by atoms with Crippen LogP contribution >= 0.6 is 24.0 Å². The van der Waals surface area contributed by atoms with Gasteiger partial charge in [0.2, 0.25) is 0 Å². The molecule has 0 spiro atoms. The average Bonchev–Trinajstić information content (AvgIpc) is 2.51. The van der Waals surface area contributed by atoms with E-state index < -0.39 is 0 Å². The van der Waals surface area contributed by atoms with E-state index in [1.54, 1.807) is 0 Å². The number of nitrogens with zero attached hydrogens (tertiary/aromatic N) is 2. The molecule has 3 rings (SSSR count). The molecule has 0 aromatic heterocycles. The Balaban J connectivity index is 0.00000176. The van der Waals surface area contributed by atoms with Crippen molar-refractivity contribution in [2.45, 2.75) is 37.8 Å². The van der Waals surface area contributed by atoms with Crippen LogP contribution in [0.2, 0.25) is 0 Å². The van der Waals surface area contributed by atoms with Crippen molar-refractivity contribution in [3.05, 3.63) is 0 Å². The number of morpholine rings is 1.